The summed E-state index contributed by atoms with van der Waals surface area (Å²) in [5.74, 6) is -1.00. The van der Waals surface area contributed by atoms with E-state index in [9.17, 15) is 14.7 Å². The van der Waals surface area contributed by atoms with E-state index >= 15 is 0 Å². The van der Waals surface area contributed by atoms with Crippen molar-refractivity contribution in [3.05, 3.63) is 0 Å². The van der Waals surface area contributed by atoms with E-state index < -0.39 is 23.7 Å². The van der Waals surface area contributed by atoms with Crippen LogP contribution in [0, 0.1) is 0 Å². The lowest BCUT2D eigenvalue weighted by atomic mass is 10.1. The highest BCUT2D eigenvalue weighted by Gasteiger charge is 2.51. The fourth-order valence-electron chi connectivity index (χ4n) is 2.54. The molecule has 2 aliphatic rings. The van der Waals surface area contributed by atoms with Gasteiger partial charge < -0.3 is 14.6 Å². The van der Waals surface area contributed by atoms with E-state index in [4.69, 9.17) is 9.47 Å². The zero-order valence-corrected chi connectivity index (χ0v) is 10.9. The van der Waals surface area contributed by atoms with Crippen molar-refractivity contribution in [3.8, 4) is 0 Å². The Hall–Kier alpha value is -1.30. The van der Waals surface area contributed by atoms with Crippen LogP contribution in [0.5, 0.6) is 0 Å². The van der Waals surface area contributed by atoms with E-state index in [1.165, 1.54) is 4.90 Å². The number of ether oxygens (including phenoxy) is 2. The molecule has 2 rings (SSSR count). The Balaban J connectivity index is 2.16. The summed E-state index contributed by atoms with van der Waals surface area (Å²) in [4.78, 5) is 24.6. The molecule has 0 saturated carbocycles. The summed E-state index contributed by atoms with van der Waals surface area (Å²) in [5.41, 5.74) is -0.627. The number of amides is 1. The number of rotatable bonds is 1. The maximum Gasteiger partial charge on any atom is 0.411 e. The van der Waals surface area contributed by atoms with Crippen molar-refractivity contribution in [2.75, 3.05) is 6.61 Å². The van der Waals surface area contributed by atoms with Crippen LogP contribution in [-0.2, 0) is 14.3 Å². The van der Waals surface area contributed by atoms with Gasteiger partial charge in [-0.05, 0) is 27.2 Å². The van der Waals surface area contributed by atoms with Crippen LogP contribution in [0.2, 0.25) is 0 Å². The third-order valence-corrected chi connectivity index (χ3v) is 3.21. The van der Waals surface area contributed by atoms with Crippen molar-refractivity contribution >= 4 is 12.1 Å². The Bertz CT molecular complexity index is 362. The predicted molar refractivity (Wildman–Crippen MR) is 62.3 cm³/mol. The minimum Gasteiger partial charge on any atom is -0.480 e. The van der Waals surface area contributed by atoms with Crippen LogP contribution < -0.4 is 0 Å². The SMILES string of the molecule is CC(C)(C)OC(=O)N1[C@@H](C(=O)O)C[C@H]2OCC[C@H]21. The first-order valence-electron chi connectivity index (χ1n) is 6.15. The molecule has 0 spiro atoms. The minimum absolute atomic E-state index is 0.166. The molecule has 0 bridgehead atoms. The third-order valence-electron chi connectivity index (χ3n) is 3.21. The van der Waals surface area contributed by atoms with Gasteiger partial charge in [0.2, 0.25) is 0 Å². The van der Waals surface area contributed by atoms with Gasteiger partial charge in [-0.2, -0.15) is 0 Å². The van der Waals surface area contributed by atoms with Crippen LogP contribution >= 0.6 is 0 Å². The van der Waals surface area contributed by atoms with E-state index in [-0.39, 0.29) is 12.1 Å². The number of carbonyl (C=O) groups is 2. The van der Waals surface area contributed by atoms with E-state index in [1.54, 1.807) is 20.8 Å². The second kappa shape index (κ2) is 4.42. The van der Waals surface area contributed by atoms with Gasteiger partial charge in [0.1, 0.15) is 11.6 Å². The van der Waals surface area contributed by atoms with Crippen LogP contribution in [0.15, 0.2) is 0 Å². The Kier molecular flexibility index (Phi) is 3.23. The molecule has 2 heterocycles. The maximum absolute atomic E-state index is 12.1. The summed E-state index contributed by atoms with van der Waals surface area (Å²) < 4.78 is 10.7. The molecule has 0 aliphatic carbocycles. The summed E-state index contributed by atoms with van der Waals surface area (Å²) >= 11 is 0. The molecule has 0 unspecified atom stereocenters. The molecule has 1 N–H and O–H groups in total. The highest BCUT2D eigenvalue weighted by molar-refractivity contribution is 5.81. The Morgan fingerprint density at radius 1 is 1.39 bits per heavy atom. The average Bonchev–Trinajstić information content (AvgIpc) is 2.70. The van der Waals surface area contributed by atoms with Crippen molar-refractivity contribution in [2.24, 2.45) is 0 Å². The molecule has 3 atom stereocenters. The van der Waals surface area contributed by atoms with Gasteiger partial charge in [0, 0.05) is 13.0 Å². The molecule has 1 amide bonds. The Morgan fingerprint density at radius 2 is 2.06 bits per heavy atom. The molecule has 6 nitrogen and oxygen atoms in total. The molecule has 6 heteroatoms. The number of carboxylic acid groups (broad SMARTS) is 1. The van der Waals surface area contributed by atoms with Crippen molar-refractivity contribution in [1.29, 1.82) is 0 Å². The van der Waals surface area contributed by atoms with E-state index in [0.717, 1.165) is 0 Å². The van der Waals surface area contributed by atoms with E-state index in [1.807, 2.05) is 0 Å². The Morgan fingerprint density at radius 3 is 2.61 bits per heavy atom. The van der Waals surface area contributed by atoms with Crippen molar-refractivity contribution in [3.63, 3.8) is 0 Å². The smallest absolute Gasteiger partial charge is 0.411 e. The van der Waals surface area contributed by atoms with E-state index in [2.05, 4.69) is 0 Å². The summed E-state index contributed by atoms with van der Waals surface area (Å²) in [5, 5.41) is 9.18. The number of aliphatic carboxylic acids is 1. The quantitative estimate of drug-likeness (QED) is 0.764. The lowest BCUT2D eigenvalue weighted by Gasteiger charge is -2.30. The second-order valence-electron chi connectivity index (χ2n) is 5.74. The van der Waals surface area contributed by atoms with Gasteiger partial charge in [-0.1, -0.05) is 0 Å². The molecule has 2 saturated heterocycles. The van der Waals surface area contributed by atoms with Gasteiger partial charge in [-0.15, -0.1) is 0 Å². The van der Waals surface area contributed by atoms with Crippen LogP contribution in [0.25, 0.3) is 0 Å². The molecule has 18 heavy (non-hydrogen) atoms. The highest BCUT2D eigenvalue weighted by Crippen LogP contribution is 2.34. The molecule has 0 aromatic rings. The number of carboxylic acids is 1. The number of fused-ring (bicyclic) bond motifs is 1. The van der Waals surface area contributed by atoms with Crippen molar-refractivity contribution < 1.29 is 24.2 Å². The van der Waals surface area contributed by atoms with Gasteiger partial charge in [0.25, 0.3) is 0 Å². The maximum atomic E-state index is 12.1. The normalized spacial score (nSPS) is 31.3. The summed E-state index contributed by atoms with van der Waals surface area (Å²) in [6, 6.07) is -1.00. The minimum atomic E-state index is -1.00. The van der Waals surface area contributed by atoms with Gasteiger partial charge in [-0.3, -0.25) is 4.90 Å². The monoisotopic (exact) mass is 257 g/mol. The summed E-state index contributed by atoms with van der Waals surface area (Å²) in [7, 11) is 0. The van der Waals surface area contributed by atoms with E-state index in [0.29, 0.717) is 19.4 Å². The van der Waals surface area contributed by atoms with Gasteiger partial charge in [-0.25, -0.2) is 9.59 Å². The number of likely N-dealkylation sites (tertiary alicyclic amines) is 1. The highest BCUT2D eigenvalue weighted by atomic mass is 16.6. The van der Waals surface area contributed by atoms with Gasteiger partial charge >= 0.3 is 12.1 Å². The molecular formula is C12H19NO5. The van der Waals surface area contributed by atoms with Gasteiger partial charge in [0.05, 0.1) is 12.1 Å². The first-order valence-corrected chi connectivity index (χ1v) is 6.15. The topological polar surface area (TPSA) is 76.1 Å². The molecule has 0 radical (unpaired) electrons. The third kappa shape index (κ3) is 2.43. The largest absolute Gasteiger partial charge is 0.480 e. The molecule has 2 fully saturated rings. The number of hydrogen-bond acceptors (Lipinski definition) is 4. The second-order valence-corrected chi connectivity index (χ2v) is 5.74. The lowest BCUT2D eigenvalue weighted by Crippen LogP contribution is -2.47. The van der Waals surface area contributed by atoms with Crippen LogP contribution in [0.4, 0.5) is 4.79 Å². The average molecular weight is 257 g/mol. The van der Waals surface area contributed by atoms with Crippen LogP contribution in [-0.4, -0.2) is 52.5 Å². The first kappa shape index (κ1) is 13.1. The van der Waals surface area contributed by atoms with Crippen molar-refractivity contribution in [2.45, 2.75) is 57.4 Å². The van der Waals surface area contributed by atoms with Crippen molar-refractivity contribution in [1.82, 2.24) is 4.90 Å². The zero-order valence-electron chi connectivity index (χ0n) is 10.9. The number of carbonyl (C=O) groups excluding carboxylic acids is 1. The summed E-state index contributed by atoms with van der Waals surface area (Å²) in [6.07, 6.45) is 0.291. The van der Waals surface area contributed by atoms with Gasteiger partial charge in [0.15, 0.2) is 0 Å². The number of nitrogens with zero attached hydrogens (tertiary/aromatic N) is 1. The fraction of sp³-hybridized carbons (Fsp3) is 0.833. The molecule has 2 aliphatic heterocycles. The van der Waals surface area contributed by atoms with Crippen LogP contribution in [0.1, 0.15) is 33.6 Å². The first-order chi connectivity index (χ1) is 8.29. The predicted octanol–water partition coefficient (Wildman–Crippen LogP) is 1.24. The molecular weight excluding hydrogens is 238 g/mol. The summed E-state index contributed by atoms with van der Waals surface area (Å²) in [6.45, 7) is 5.86. The molecule has 0 aromatic carbocycles. The molecule has 102 valence electrons. The van der Waals surface area contributed by atoms with Crippen LogP contribution in [0.3, 0.4) is 0 Å². The molecule has 0 aromatic heterocycles. The Labute approximate surface area is 106 Å². The fourth-order valence-corrected chi connectivity index (χ4v) is 2.54. The number of hydrogen-bond donors (Lipinski definition) is 1. The standard InChI is InChI=1S/C12H19NO5/c1-12(2,3)18-11(16)13-7-4-5-17-9(7)6-8(13)10(14)15/h7-9H,4-6H2,1-3H3,(H,14,15)/t7-,8-,9-/m1/s1. The lowest BCUT2D eigenvalue weighted by molar-refractivity contribution is -0.142. The zero-order chi connectivity index (χ0) is 13.5.